The van der Waals surface area contributed by atoms with E-state index in [4.69, 9.17) is 0 Å². The summed E-state index contributed by atoms with van der Waals surface area (Å²) in [6, 6.07) is 8.49. The molecule has 2 heterocycles. The van der Waals surface area contributed by atoms with Gasteiger partial charge in [-0.3, -0.25) is 9.59 Å². The highest BCUT2D eigenvalue weighted by Gasteiger charge is 2.28. The third-order valence-corrected chi connectivity index (χ3v) is 4.61. The fraction of sp³-hybridized carbons (Fsp3) is 0.368. The Bertz CT molecular complexity index is 828. The lowest BCUT2D eigenvalue weighted by Crippen LogP contribution is -2.33. The largest absolute Gasteiger partial charge is 0.338 e. The van der Waals surface area contributed by atoms with E-state index in [0.29, 0.717) is 24.6 Å². The quantitative estimate of drug-likeness (QED) is 0.942. The van der Waals surface area contributed by atoms with Crippen LogP contribution in [-0.2, 0) is 6.42 Å². The van der Waals surface area contributed by atoms with Crippen LogP contribution in [0.5, 0.6) is 0 Å². The number of aromatic nitrogens is 1. The molecule has 1 aliphatic rings. The molecule has 126 valence electrons. The Morgan fingerprint density at radius 1 is 1.29 bits per heavy atom. The van der Waals surface area contributed by atoms with Gasteiger partial charge in [0.2, 0.25) is 0 Å². The van der Waals surface area contributed by atoms with Crippen molar-refractivity contribution in [3.8, 4) is 0 Å². The second-order valence-corrected chi connectivity index (χ2v) is 6.58. The van der Waals surface area contributed by atoms with E-state index in [-0.39, 0.29) is 22.8 Å². The number of amides is 1. The van der Waals surface area contributed by atoms with E-state index >= 15 is 0 Å². The molecule has 0 spiro atoms. The number of halogens is 1. The first kappa shape index (κ1) is 16.4. The van der Waals surface area contributed by atoms with Crippen LogP contribution in [0, 0.1) is 25.6 Å². The van der Waals surface area contributed by atoms with Gasteiger partial charge in [0, 0.05) is 18.8 Å². The average Bonchev–Trinajstić information content (AvgIpc) is 2.99. The zero-order chi connectivity index (χ0) is 17.3. The molecule has 1 aromatic carbocycles. The SMILES string of the molecule is Cc1ccc(C(=O)N2CCC(Cc3ccc(F)c(C)c3)C2)c(=O)[nH]1. The normalized spacial score (nSPS) is 17.3. The Kier molecular flexibility index (Phi) is 4.51. The molecular weight excluding hydrogens is 307 g/mol. The van der Waals surface area contributed by atoms with Crippen LogP contribution in [0.2, 0.25) is 0 Å². The highest BCUT2D eigenvalue weighted by atomic mass is 19.1. The van der Waals surface area contributed by atoms with Gasteiger partial charge in [-0.1, -0.05) is 12.1 Å². The smallest absolute Gasteiger partial charge is 0.260 e. The van der Waals surface area contributed by atoms with Crippen molar-refractivity contribution in [2.45, 2.75) is 26.7 Å². The molecule has 3 rings (SSSR count). The molecule has 0 aliphatic carbocycles. The predicted octanol–water partition coefficient (Wildman–Crippen LogP) is 2.84. The minimum Gasteiger partial charge on any atom is -0.338 e. The second kappa shape index (κ2) is 6.59. The van der Waals surface area contributed by atoms with Gasteiger partial charge in [-0.25, -0.2) is 4.39 Å². The summed E-state index contributed by atoms with van der Waals surface area (Å²) >= 11 is 0. The lowest BCUT2D eigenvalue weighted by Gasteiger charge is -2.16. The van der Waals surface area contributed by atoms with E-state index in [1.165, 1.54) is 6.07 Å². The van der Waals surface area contributed by atoms with Gasteiger partial charge in [-0.15, -0.1) is 0 Å². The Balaban J connectivity index is 1.67. The maximum Gasteiger partial charge on any atom is 0.260 e. The van der Waals surface area contributed by atoms with E-state index in [1.54, 1.807) is 36.9 Å². The number of likely N-dealkylation sites (tertiary alicyclic amines) is 1. The maximum atomic E-state index is 13.3. The Morgan fingerprint density at radius 3 is 2.79 bits per heavy atom. The van der Waals surface area contributed by atoms with Crippen LogP contribution in [0.3, 0.4) is 0 Å². The van der Waals surface area contributed by atoms with Crippen molar-refractivity contribution < 1.29 is 9.18 Å². The van der Waals surface area contributed by atoms with Gasteiger partial charge in [-0.05, 0) is 61.9 Å². The van der Waals surface area contributed by atoms with Crippen molar-refractivity contribution in [2.24, 2.45) is 5.92 Å². The van der Waals surface area contributed by atoms with Gasteiger partial charge < -0.3 is 9.88 Å². The second-order valence-electron chi connectivity index (χ2n) is 6.58. The van der Waals surface area contributed by atoms with Crippen LogP contribution in [0.25, 0.3) is 0 Å². The fourth-order valence-electron chi connectivity index (χ4n) is 3.26. The molecular formula is C19H21FN2O2. The third kappa shape index (κ3) is 3.40. The first-order valence-electron chi connectivity index (χ1n) is 8.18. The van der Waals surface area contributed by atoms with Gasteiger partial charge in [0.05, 0.1) is 0 Å². The summed E-state index contributed by atoms with van der Waals surface area (Å²) in [5.41, 5.74) is 2.32. The summed E-state index contributed by atoms with van der Waals surface area (Å²) in [4.78, 5) is 28.9. The number of hydrogen-bond donors (Lipinski definition) is 1. The molecule has 4 nitrogen and oxygen atoms in total. The molecule has 1 amide bonds. The van der Waals surface area contributed by atoms with Crippen molar-refractivity contribution in [3.63, 3.8) is 0 Å². The van der Waals surface area contributed by atoms with Crippen LogP contribution < -0.4 is 5.56 Å². The standard InChI is InChI=1S/C19H21FN2O2/c1-12-9-14(4-6-17(12)20)10-15-7-8-22(11-15)19(24)16-5-3-13(2)21-18(16)23/h3-6,9,15H,7-8,10-11H2,1-2H3,(H,21,23). The fourth-order valence-corrected chi connectivity index (χ4v) is 3.26. The van der Waals surface area contributed by atoms with Gasteiger partial charge in [0.15, 0.2) is 0 Å². The van der Waals surface area contributed by atoms with E-state index in [9.17, 15) is 14.0 Å². The van der Waals surface area contributed by atoms with Crippen LogP contribution in [0.4, 0.5) is 4.39 Å². The molecule has 5 heteroatoms. The number of hydrogen-bond acceptors (Lipinski definition) is 2. The van der Waals surface area contributed by atoms with Crippen molar-refractivity contribution in [1.82, 2.24) is 9.88 Å². The number of nitrogens with zero attached hydrogens (tertiary/aromatic N) is 1. The Hall–Kier alpha value is -2.43. The van der Waals surface area contributed by atoms with E-state index in [1.807, 2.05) is 6.07 Å². The number of benzene rings is 1. The zero-order valence-corrected chi connectivity index (χ0v) is 13.9. The molecule has 0 radical (unpaired) electrons. The van der Waals surface area contributed by atoms with E-state index < -0.39 is 0 Å². The molecule has 1 N–H and O–H groups in total. The number of aromatic amines is 1. The molecule has 1 atom stereocenters. The highest BCUT2D eigenvalue weighted by Crippen LogP contribution is 2.23. The zero-order valence-electron chi connectivity index (χ0n) is 13.9. The van der Waals surface area contributed by atoms with E-state index in [2.05, 4.69) is 4.98 Å². The molecule has 1 aliphatic heterocycles. The summed E-state index contributed by atoms with van der Waals surface area (Å²) in [7, 11) is 0. The molecule has 0 bridgehead atoms. The lowest BCUT2D eigenvalue weighted by molar-refractivity contribution is 0.0785. The Morgan fingerprint density at radius 2 is 2.08 bits per heavy atom. The van der Waals surface area contributed by atoms with Crippen molar-refractivity contribution in [3.05, 3.63) is 68.9 Å². The summed E-state index contributed by atoms with van der Waals surface area (Å²) in [5, 5.41) is 0. The monoisotopic (exact) mass is 328 g/mol. The Labute approximate surface area is 140 Å². The number of carbonyl (C=O) groups excluding carboxylic acids is 1. The molecule has 0 saturated carbocycles. The van der Waals surface area contributed by atoms with Gasteiger partial charge >= 0.3 is 0 Å². The van der Waals surface area contributed by atoms with E-state index in [0.717, 1.165) is 24.1 Å². The topological polar surface area (TPSA) is 53.2 Å². The van der Waals surface area contributed by atoms with Gasteiger partial charge in [0.25, 0.3) is 11.5 Å². The van der Waals surface area contributed by atoms with Crippen LogP contribution in [0.1, 0.15) is 33.6 Å². The number of pyridine rings is 1. The summed E-state index contributed by atoms with van der Waals surface area (Å²) in [6.07, 6.45) is 1.71. The van der Waals surface area contributed by atoms with Gasteiger partial charge in [0.1, 0.15) is 11.4 Å². The molecule has 1 fully saturated rings. The van der Waals surface area contributed by atoms with Crippen LogP contribution in [-0.4, -0.2) is 28.9 Å². The first-order valence-corrected chi connectivity index (χ1v) is 8.18. The van der Waals surface area contributed by atoms with Crippen LogP contribution in [0.15, 0.2) is 35.1 Å². The van der Waals surface area contributed by atoms with Gasteiger partial charge in [-0.2, -0.15) is 0 Å². The number of rotatable bonds is 3. The minimum absolute atomic E-state index is 0.193. The number of nitrogens with one attached hydrogen (secondary N) is 1. The van der Waals surface area contributed by atoms with Crippen molar-refractivity contribution >= 4 is 5.91 Å². The predicted molar refractivity (Wildman–Crippen MR) is 90.7 cm³/mol. The minimum atomic E-state index is -0.336. The number of carbonyl (C=O) groups is 1. The molecule has 2 aromatic rings. The maximum absolute atomic E-state index is 13.3. The molecule has 1 unspecified atom stereocenters. The summed E-state index contributed by atoms with van der Waals surface area (Å²) in [6.45, 7) is 4.82. The molecule has 24 heavy (non-hydrogen) atoms. The average molecular weight is 328 g/mol. The number of aryl methyl sites for hydroxylation is 2. The molecule has 1 saturated heterocycles. The highest BCUT2D eigenvalue weighted by molar-refractivity contribution is 5.94. The summed E-state index contributed by atoms with van der Waals surface area (Å²) in [5.74, 6) is -0.0713. The molecule has 1 aromatic heterocycles. The first-order chi connectivity index (χ1) is 11.4. The van der Waals surface area contributed by atoms with Crippen molar-refractivity contribution in [1.29, 1.82) is 0 Å². The third-order valence-electron chi connectivity index (χ3n) is 4.61. The summed E-state index contributed by atoms with van der Waals surface area (Å²) < 4.78 is 13.3. The lowest BCUT2D eigenvalue weighted by atomic mass is 9.97. The van der Waals surface area contributed by atoms with Crippen LogP contribution >= 0.6 is 0 Å². The van der Waals surface area contributed by atoms with Crippen molar-refractivity contribution in [2.75, 3.05) is 13.1 Å². The number of H-pyrrole nitrogens is 1.